The van der Waals surface area contributed by atoms with Crippen molar-refractivity contribution in [3.05, 3.63) is 0 Å². The third-order valence-corrected chi connectivity index (χ3v) is 3.92. The second-order valence-corrected chi connectivity index (χ2v) is 6.60. The Labute approximate surface area is 113 Å². The fraction of sp³-hybridized carbons (Fsp3) is 1.00. The highest BCUT2D eigenvalue weighted by Gasteiger charge is 2.33. The van der Waals surface area contributed by atoms with Crippen LogP contribution in [0.3, 0.4) is 0 Å². The van der Waals surface area contributed by atoms with Crippen molar-refractivity contribution >= 4 is 0 Å². The highest BCUT2D eigenvalue weighted by molar-refractivity contribution is 4.93. The lowest BCUT2D eigenvalue weighted by Gasteiger charge is -2.46. The van der Waals surface area contributed by atoms with Crippen molar-refractivity contribution in [2.24, 2.45) is 5.92 Å². The minimum atomic E-state index is 0.262. The summed E-state index contributed by atoms with van der Waals surface area (Å²) in [6.45, 7) is 13.7. The van der Waals surface area contributed by atoms with E-state index in [1.54, 1.807) is 7.11 Å². The maximum atomic E-state index is 5.10. The number of hydrogen-bond acceptors (Lipinski definition) is 3. The molecule has 1 unspecified atom stereocenters. The lowest BCUT2D eigenvalue weighted by molar-refractivity contribution is 0.0671. The van der Waals surface area contributed by atoms with E-state index < -0.39 is 0 Å². The zero-order valence-corrected chi connectivity index (χ0v) is 13.0. The quantitative estimate of drug-likeness (QED) is 0.708. The van der Waals surface area contributed by atoms with Gasteiger partial charge in [0.15, 0.2) is 0 Å². The summed E-state index contributed by atoms with van der Waals surface area (Å²) in [7, 11) is 1.79. The minimum absolute atomic E-state index is 0.262. The summed E-state index contributed by atoms with van der Waals surface area (Å²) in [5.41, 5.74) is 0.262. The van der Waals surface area contributed by atoms with Crippen LogP contribution in [0.4, 0.5) is 0 Å². The Balaban J connectivity index is 2.37. The summed E-state index contributed by atoms with van der Waals surface area (Å²) >= 11 is 0. The SMILES string of the molecule is COCCCCCN1CC(C)(C)NCC1C(C)C. The molecule has 1 atom stereocenters. The van der Waals surface area contributed by atoms with Crippen molar-refractivity contribution in [2.45, 2.75) is 58.5 Å². The number of methoxy groups -OCH3 is 1. The summed E-state index contributed by atoms with van der Waals surface area (Å²) in [6, 6.07) is 0.695. The summed E-state index contributed by atoms with van der Waals surface area (Å²) in [5.74, 6) is 0.729. The topological polar surface area (TPSA) is 24.5 Å². The largest absolute Gasteiger partial charge is 0.385 e. The zero-order valence-electron chi connectivity index (χ0n) is 13.0. The van der Waals surface area contributed by atoms with Gasteiger partial charge in [-0.15, -0.1) is 0 Å². The zero-order chi connectivity index (χ0) is 13.6. The molecule has 1 aliphatic heterocycles. The van der Waals surface area contributed by atoms with Gasteiger partial charge in [0.1, 0.15) is 0 Å². The Bertz CT molecular complexity index is 229. The van der Waals surface area contributed by atoms with Gasteiger partial charge in [-0.2, -0.15) is 0 Å². The van der Waals surface area contributed by atoms with Gasteiger partial charge in [-0.05, 0) is 45.6 Å². The average molecular weight is 256 g/mol. The summed E-state index contributed by atoms with van der Waals surface area (Å²) < 4.78 is 5.10. The van der Waals surface area contributed by atoms with Crippen LogP contribution in [-0.2, 0) is 4.74 Å². The molecule has 18 heavy (non-hydrogen) atoms. The van der Waals surface area contributed by atoms with Crippen LogP contribution >= 0.6 is 0 Å². The number of unbranched alkanes of at least 4 members (excludes halogenated alkanes) is 2. The highest BCUT2D eigenvalue weighted by atomic mass is 16.5. The molecule has 1 fully saturated rings. The fourth-order valence-corrected chi connectivity index (χ4v) is 2.83. The van der Waals surface area contributed by atoms with E-state index in [4.69, 9.17) is 4.74 Å². The third-order valence-electron chi connectivity index (χ3n) is 3.92. The maximum absolute atomic E-state index is 5.10. The fourth-order valence-electron chi connectivity index (χ4n) is 2.83. The highest BCUT2D eigenvalue weighted by Crippen LogP contribution is 2.20. The van der Waals surface area contributed by atoms with E-state index in [9.17, 15) is 0 Å². The Morgan fingerprint density at radius 2 is 2.00 bits per heavy atom. The second kappa shape index (κ2) is 7.46. The van der Waals surface area contributed by atoms with Crippen molar-refractivity contribution in [2.75, 3.05) is 33.4 Å². The first-order chi connectivity index (χ1) is 8.46. The van der Waals surface area contributed by atoms with Gasteiger partial charge in [0, 0.05) is 38.4 Å². The molecule has 1 saturated heterocycles. The van der Waals surface area contributed by atoms with Crippen molar-refractivity contribution in [1.29, 1.82) is 0 Å². The molecule has 0 amide bonds. The Kier molecular flexibility index (Phi) is 6.61. The van der Waals surface area contributed by atoms with E-state index in [0.717, 1.165) is 19.1 Å². The van der Waals surface area contributed by atoms with E-state index in [1.807, 2.05) is 0 Å². The van der Waals surface area contributed by atoms with Crippen molar-refractivity contribution < 1.29 is 4.74 Å². The molecule has 0 saturated carbocycles. The van der Waals surface area contributed by atoms with Crippen LogP contribution in [0.1, 0.15) is 47.0 Å². The normalized spacial score (nSPS) is 24.7. The van der Waals surface area contributed by atoms with Gasteiger partial charge in [-0.3, -0.25) is 4.90 Å². The molecule has 0 aromatic rings. The molecule has 1 rings (SSSR count). The Morgan fingerprint density at radius 1 is 1.28 bits per heavy atom. The molecule has 0 spiro atoms. The van der Waals surface area contributed by atoms with E-state index in [2.05, 4.69) is 37.9 Å². The van der Waals surface area contributed by atoms with Gasteiger partial charge < -0.3 is 10.1 Å². The molecule has 0 aliphatic carbocycles. The van der Waals surface area contributed by atoms with Gasteiger partial charge >= 0.3 is 0 Å². The summed E-state index contributed by atoms with van der Waals surface area (Å²) in [6.07, 6.45) is 3.77. The minimum Gasteiger partial charge on any atom is -0.385 e. The summed E-state index contributed by atoms with van der Waals surface area (Å²) in [4.78, 5) is 2.69. The van der Waals surface area contributed by atoms with Crippen LogP contribution in [0.25, 0.3) is 0 Å². The van der Waals surface area contributed by atoms with Crippen molar-refractivity contribution in [1.82, 2.24) is 10.2 Å². The van der Waals surface area contributed by atoms with Gasteiger partial charge in [0.2, 0.25) is 0 Å². The molecule has 1 N–H and O–H groups in total. The lowest BCUT2D eigenvalue weighted by atomic mass is 9.93. The first-order valence-electron chi connectivity index (χ1n) is 7.44. The van der Waals surface area contributed by atoms with Crippen LogP contribution in [0.2, 0.25) is 0 Å². The Morgan fingerprint density at radius 3 is 2.61 bits per heavy atom. The van der Waals surface area contributed by atoms with E-state index >= 15 is 0 Å². The van der Waals surface area contributed by atoms with E-state index in [1.165, 1.54) is 32.4 Å². The van der Waals surface area contributed by atoms with Crippen LogP contribution in [0.5, 0.6) is 0 Å². The smallest absolute Gasteiger partial charge is 0.0462 e. The van der Waals surface area contributed by atoms with Gasteiger partial charge in [0.25, 0.3) is 0 Å². The van der Waals surface area contributed by atoms with Gasteiger partial charge in [0.05, 0.1) is 0 Å². The molecule has 0 bridgehead atoms. The van der Waals surface area contributed by atoms with Crippen LogP contribution in [0, 0.1) is 5.92 Å². The molecule has 0 aromatic heterocycles. The molecule has 1 aliphatic rings. The van der Waals surface area contributed by atoms with Crippen molar-refractivity contribution in [3.63, 3.8) is 0 Å². The maximum Gasteiger partial charge on any atom is 0.0462 e. The summed E-state index contributed by atoms with van der Waals surface area (Å²) in [5, 5.41) is 3.67. The van der Waals surface area contributed by atoms with Crippen LogP contribution in [0.15, 0.2) is 0 Å². The lowest BCUT2D eigenvalue weighted by Crippen LogP contribution is -2.62. The number of hydrogen-bond donors (Lipinski definition) is 1. The molecule has 0 aromatic carbocycles. The molecule has 3 nitrogen and oxygen atoms in total. The van der Waals surface area contributed by atoms with Gasteiger partial charge in [-0.1, -0.05) is 13.8 Å². The second-order valence-electron chi connectivity index (χ2n) is 6.60. The van der Waals surface area contributed by atoms with Gasteiger partial charge in [-0.25, -0.2) is 0 Å². The molecule has 108 valence electrons. The molecule has 0 radical (unpaired) electrons. The predicted octanol–water partition coefficient (Wildman–Crippen LogP) is 2.51. The number of piperazine rings is 1. The van der Waals surface area contributed by atoms with E-state index in [-0.39, 0.29) is 5.54 Å². The predicted molar refractivity (Wildman–Crippen MR) is 78.0 cm³/mol. The average Bonchev–Trinajstić information content (AvgIpc) is 2.27. The molecular formula is C15H32N2O. The van der Waals surface area contributed by atoms with Crippen molar-refractivity contribution in [3.8, 4) is 0 Å². The Hall–Kier alpha value is -0.120. The first kappa shape index (κ1) is 15.9. The number of ether oxygens (including phenoxy) is 1. The first-order valence-corrected chi connectivity index (χ1v) is 7.44. The van der Waals surface area contributed by atoms with Crippen LogP contribution in [-0.4, -0.2) is 49.8 Å². The third kappa shape index (κ3) is 5.25. The number of rotatable bonds is 7. The standard InChI is InChI=1S/C15H32N2O/c1-13(2)14-11-16-15(3,4)12-17(14)9-7-6-8-10-18-5/h13-14,16H,6-12H2,1-5H3. The monoisotopic (exact) mass is 256 g/mol. The van der Waals surface area contributed by atoms with Crippen LogP contribution < -0.4 is 5.32 Å². The number of nitrogens with zero attached hydrogens (tertiary/aromatic N) is 1. The number of nitrogens with one attached hydrogen (secondary N) is 1. The van der Waals surface area contributed by atoms with E-state index in [0.29, 0.717) is 6.04 Å². The molecular weight excluding hydrogens is 224 g/mol. The molecule has 1 heterocycles. The molecule has 3 heteroatoms.